The molecule has 0 heterocycles. The van der Waals surface area contributed by atoms with Crippen LogP contribution in [0.4, 0.5) is 0 Å². The van der Waals surface area contributed by atoms with Crippen molar-refractivity contribution in [1.29, 1.82) is 0 Å². The fourth-order valence-electron chi connectivity index (χ4n) is 3.08. The molecule has 0 aromatic heterocycles. The van der Waals surface area contributed by atoms with Gasteiger partial charge in [-0.05, 0) is 48.2 Å². The molecule has 142 valence electrons. The second-order valence-electron chi connectivity index (χ2n) is 5.77. The Hall–Kier alpha value is -2.44. The summed E-state index contributed by atoms with van der Waals surface area (Å²) < 4.78 is 21.6. The molecule has 0 aliphatic carbocycles. The first-order chi connectivity index (χ1) is 12.6. The second-order valence-corrected chi connectivity index (χ2v) is 5.77. The van der Waals surface area contributed by atoms with E-state index < -0.39 is 0 Å². The monoisotopic (exact) mass is 362 g/mol. The van der Waals surface area contributed by atoms with Crippen molar-refractivity contribution < 1.29 is 29.2 Å². The molecule has 0 unspecified atom stereocenters. The van der Waals surface area contributed by atoms with Gasteiger partial charge in [0.1, 0.15) is 23.0 Å². The SMILES string of the molecule is COc1cc(CO)c(OC)c(CCc2cc(OC)cc(CO)c2OC)c1. The van der Waals surface area contributed by atoms with Crippen LogP contribution in [0.1, 0.15) is 22.3 Å². The summed E-state index contributed by atoms with van der Waals surface area (Å²) in [6.07, 6.45) is 1.28. The Kier molecular flexibility index (Phi) is 7.12. The number of aliphatic hydroxyl groups excluding tert-OH is 2. The van der Waals surface area contributed by atoms with Gasteiger partial charge in [-0.1, -0.05) is 0 Å². The van der Waals surface area contributed by atoms with Gasteiger partial charge >= 0.3 is 0 Å². The lowest BCUT2D eigenvalue weighted by molar-refractivity contribution is 0.271. The lowest BCUT2D eigenvalue weighted by Crippen LogP contribution is -2.04. The Balaban J connectivity index is 2.39. The first-order valence-electron chi connectivity index (χ1n) is 8.31. The third-order valence-electron chi connectivity index (χ3n) is 4.32. The number of aryl methyl sites for hydroxylation is 2. The van der Waals surface area contributed by atoms with Crippen LogP contribution in [0.15, 0.2) is 24.3 Å². The summed E-state index contributed by atoms with van der Waals surface area (Å²) in [6.45, 7) is -0.269. The normalized spacial score (nSPS) is 10.5. The minimum absolute atomic E-state index is 0.134. The summed E-state index contributed by atoms with van der Waals surface area (Å²) in [5, 5.41) is 19.2. The fraction of sp³-hybridized carbons (Fsp3) is 0.400. The molecule has 0 amide bonds. The van der Waals surface area contributed by atoms with Crippen molar-refractivity contribution in [3.63, 3.8) is 0 Å². The van der Waals surface area contributed by atoms with Crippen LogP contribution in [0, 0.1) is 0 Å². The van der Waals surface area contributed by atoms with E-state index in [4.69, 9.17) is 18.9 Å². The zero-order chi connectivity index (χ0) is 19.1. The molecule has 2 aromatic rings. The highest BCUT2D eigenvalue weighted by Crippen LogP contribution is 2.34. The Labute approximate surface area is 153 Å². The van der Waals surface area contributed by atoms with Crippen LogP contribution < -0.4 is 18.9 Å². The van der Waals surface area contributed by atoms with Crippen molar-refractivity contribution in [3.05, 3.63) is 46.5 Å². The second kappa shape index (κ2) is 9.31. The molecule has 0 fully saturated rings. The van der Waals surface area contributed by atoms with Gasteiger partial charge in [-0.2, -0.15) is 0 Å². The predicted molar refractivity (Wildman–Crippen MR) is 98.3 cm³/mol. The van der Waals surface area contributed by atoms with Crippen LogP contribution >= 0.6 is 0 Å². The maximum Gasteiger partial charge on any atom is 0.127 e. The highest BCUT2D eigenvalue weighted by molar-refractivity contribution is 5.50. The van der Waals surface area contributed by atoms with Gasteiger partial charge in [-0.3, -0.25) is 0 Å². The molecule has 2 aromatic carbocycles. The van der Waals surface area contributed by atoms with Crippen LogP contribution in [0.3, 0.4) is 0 Å². The van der Waals surface area contributed by atoms with E-state index in [9.17, 15) is 10.2 Å². The van der Waals surface area contributed by atoms with E-state index in [0.717, 1.165) is 11.1 Å². The summed E-state index contributed by atoms with van der Waals surface area (Å²) in [5.41, 5.74) is 3.20. The highest BCUT2D eigenvalue weighted by Gasteiger charge is 2.15. The van der Waals surface area contributed by atoms with Gasteiger partial charge in [0.25, 0.3) is 0 Å². The Morgan fingerprint density at radius 2 is 0.923 bits per heavy atom. The number of hydrogen-bond donors (Lipinski definition) is 2. The maximum absolute atomic E-state index is 9.60. The van der Waals surface area contributed by atoms with Crippen LogP contribution in [-0.2, 0) is 26.1 Å². The van der Waals surface area contributed by atoms with Crippen molar-refractivity contribution in [1.82, 2.24) is 0 Å². The molecule has 0 aliphatic heterocycles. The molecule has 2 N–H and O–H groups in total. The Bertz CT molecular complexity index is 678. The van der Waals surface area contributed by atoms with Gasteiger partial charge in [-0.15, -0.1) is 0 Å². The summed E-state index contributed by atoms with van der Waals surface area (Å²) >= 11 is 0. The van der Waals surface area contributed by atoms with E-state index in [0.29, 0.717) is 47.0 Å². The highest BCUT2D eigenvalue weighted by atomic mass is 16.5. The fourth-order valence-corrected chi connectivity index (χ4v) is 3.08. The molecule has 6 heteroatoms. The van der Waals surface area contributed by atoms with E-state index >= 15 is 0 Å². The molecule has 0 atom stereocenters. The Morgan fingerprint density at radius 3 is 1.19 bits per heavy atom. The molecule has 2 rings (SSSR count). The first kappa shape index (κ1) is 19.9. The van der Waals surface area contributed by atoms with Gasteiger partial charge in [0, 0.05) is 11.1 Å². The Morgan fingerprint density at radius 1 is 0.577 bits per heavy atom. The van der Waals surface area contributed by atoms with Crippen LogP contribution in [0.25, 0.3) is 0 Å². The summed E-state index contributed by atoms with van der Waals surface area (Å²) in [7, 11) is 6.34. The van der Waals surface area contributed by atoms with Crippen LogP contribution in [0.5, 0.6) is 23.0 Å². The van der Waals surface area contributed by atoms with E-state index in [1.807, 2.05) is 12.1 Å². The smallest absolute Gasteiger partial charge is 0.127 e. The van der Waals surface area contributed by atoms with Crippen molar-refractivity contribution >= 4 is 0 Å². The molecule has 6 nitrogen and oxygen atoms in total. The average Bonchev–Trinajstić information content (AvgIpc) is 2.70. The van der Waals surface area contributed by atoms with E-state index in [1.165, 1.54) is 0 Å². The van der Waals surface area contributed by atoms with E-state index in [1.54, 1.807) is 40.6 Å². The zero-order valence-corrected chi connectivity index (χ0v) is 15.7. The first-order valence-corrected chi connectivity index (χ1v) is 8.31. The molecule has 0 radical (unpaired) electrons. The molecule has 0 saturated carbocycles. The van der Waals surface area contributed by atoms with E-state index in [2.05, 4.69) is 0 Å². The molecule has 0 saturated heterocycles. The average molecular weight is 362 g/mol. The van der Waals surface area contributed by atoms with Crippen LogP contribution in [-0.4, -0.2) is 38.7 Å². The van der Waals surface area contributed by atoms with Gasteiger partial charge in [0.2, 0.25) is 0 Å². The third kappa shape index (κ3) is 4.20. The van der Waals surface area contributed by atoms with Gasteiger partial charge < -0.3 is 29.2 Å². The lowest BCUT2D eigenvalue weighted by Gasteiger charge is -2.17. The number of benzene rings is 2. The molecule has 0 aliphatic rings. The van der Waals surface area contributed by atoms with Gasteiger partial charge in [0.15, 0.2) is 0 Å². The number of rotatable bonds is 9. The lowest BCUT2D eigenvalue weighted by atomic mass is 9.98. The summed E-state index contributed by atoms with van der Waals surface area (Å²) in [4.78, 5) is 0. The molecule has 0 spiro atoms. The van der Waals surface area contributed by atoms with Crippen molar-refractivity contribution in [2.45, 2.75) is 26.1 Å². The quantitative estimate of drug-likeness (QED) is 0.714. The minimum atomic E-state index is -0.134. The molecular weight excluding hydrogens is 336 g/mol. The predicted octanol–water partition coefficient (Wildman–Crippen LogP) is 2.49. The maximum atomic E-state index is 9.60. The topological polar surface area (TPSA) is 77.4 Å². The van der Waals surface area contributed by atoms with Gasteiger partial charge in [-0.25, -0.2) is 0 Å². The van der Waals surface area contributed by atoms with Crippen molar-refractivity contribution in [2.75, 3.05) is 28.4 Å². The zero-order valence-electron chi connectivity index (χ0n) is 15.7. The third-order valence-corrected chi connectivity index (χ3v) is 4.32. The van der Waals surface area contributed by atoms with Gasteiger partial charge in [0.05, 0.1) is 41.7 Å². The largest absolute Gasteiger partial charge is 0.497 e. The number of ether oxygens (including phenoxy) is 4. The number of hydrogen-bond acceptors (Lipinski definition) is 6. The standard InChI is InChI=1S/C20H26O6/c1-23-17-7-13(19(25-3)15(9-17)11-21)5-6-14-8-18(24-2)10-16(12-22)20(14)26-4/h7-10,21-22H,5-6,11-12H2,1-4H3. The minimum Gasteiger partial charge on any atom is -0.497 e. The van der Waals surface area contributed by atoms with Crippen molar-refractivity contribution in [3.8, 4) is 23.0 Å². The summed E-state index contributed by atoms with van der Waals surface area (Å²) in [6, 6.07) is 7.33. The molecular formula is C20H26O6. The summed E-state index contributed by atoms with van der Waals surface area (Å²) in [5.74, 6) is 2.63. The van der Waals surface area contributed by atoms with Crippen LogP contribution in [0.2, 0.25) is 0 Å². The van der Waals surface area contributed by atoms with Crippen molar-refractivity contribution in [2.24, 2.45) is 0 Å². The number of methoxy groups -OCH3 is 4. The number of aliphatic hydroxyl groups is 2. The van der Waals surface area contributed by atoms with E-state index in [-0.39, 0.29) is 13.2 Å². The molecule has 26 heavy (non-hydrogen) atoms. The molecule has 0 bridgehead atoms.